The lowest BCUT2D eigenvalue weighted by atomic mass is 9.90. The number of sulfone groups is 1. The monoisotopic (exact) mass is 305 g/mol. The minimum Gasteiger partial charge on any atom is -0.310 e. The van der Waals surface area contributed by atoms with Gasteiger partial charge in [-0.25, -0.2) is 8.42 Å². The van der Waals surface area contributed by atoms with Gasteiger partial charge in [-0.1, -0.05) is 19.3 Å². The van der Waals surface area contributed by atoms with E-state index in [-0.39, 0.29) is 5.25 Å². The first kappa shape index (κ1) is 15.6. The van der Waals surface area contributed by atoms with Crippen molar-refractivity contribution in [2.24, 2.45) is 0 Å². The Balaban J connectivity index is 1.91. The predicted molar refractivity (Wildman–Crippen MR) is 83.6 cm³/mol. The summed E-state index contributed by atoms with van der Waals surface area (Å²) in [5, 5.41) is 4.38. The fourth-order valence-corrected chi connectivity index (χ4v) is 5.68. The second-order valence-corrected chi connectivity index (χ2v) is 9.55. The molecule has 3 nitrogen and oxygen atoms in total. The summed E-state index contributed by atoms with van der Waals surface area (Å²) in [7, 11) is -2.86. The molecule has 4 unspecified atom stereocenters. The van der Waals surface area contributed by atoms with Gasteiger partial charge in [0.25, 0.3) is 0 Å². The zero-order valence-corrected chi connectivity index (χ0v) is 13.7. The molecule has 0 aromatic carbocycles. The van der Waals surface area contributed by atoms with Crippen molar-refractivity contribution < 1.29 is 8.42 Å². The average molecular weight is 306 g/mol. The molecule has 2 aliphatic rings. The summed E-state index contributed by atoms with van der Waals surface area (Å²) < 4.78 is 23.4. The van der Waals surface area contributed by atoms with E-state index in [0.29, 0.717) is 17.3 Å². The van der Waals surface area contributed by atoms with Crippen LogP contribution in [0.5, 0.6) is 0 Å². The van der Waals surface area contributed by atoms with Crippen LogP contribution in [0.15, 0.2) is 0 Å². The SMILES string of the molecule is CSC1CCCCC1NC1CCCC(S(C)(=O)=O)C1. The van der Waals surface area contributed by atoms with Gasteiger partial charge in [0.05, 0.1) is 5.25 Å². The average Bonchev–Trinajstić information content (AvgIpc) is 2.39. The zero-order valence-electron chi connectivity index (χ0n) is 12.1. The molecular weight excluding hydrogens is 278 g/mol. The van der Waals surface area contributed by atoms with Gasteiger partial charge in [0.1, 0.15) is 9.84 Å². The second-order valence-electron chi connectivity index (χ2n) is 6.15. The maximum atomic E-state index is 11.7. The first-order chi connectivity index (χ1) is 9.00. The Labute approximate surface area is 122 Å². The van der Waals surface area contributed by atoms with Crippen LogP contribution in [-0.4, -0.2) is 43.5 Å². The van der Waals surface area contributed by atoms with Gasteiger partial charge in [-0.3, -0.25) is 0 Å². The molecule has 0 radical (unpaired) electrons. The molecule has 0 aliphatic heterocycles. The lowest BCUT2D eigenvalue weighted by Crippen LogP contribution is -2.48. The second kappa shape index (κ2) is 6.81. The Morgan fingerprint density at radius 3 is 2.47 bits per heavy atom. The number of hydrogen-bond donors (Lipinski definition) is 1. The van der Waals surface area contributed by atoms with E-state index in [1.54, 1.807) is 0 Å². The van der Waals surface area contributed by atoms with Gasteiger partial charge < -0.3 is 5.32 Å². The summed E-state index contributed by atoms with van der Waals surface area (Å²) in [5.74, 6) is 0. The molecule has 0 heterocycles. The van der Waals surface area contributed by atoms with Crippen LogP contribution in [0, 0.1) is 0 Å². The quantitative estimate of drug-likeness (QED) is 0.867. The topological polar surface area (TPSA) is 46.2 Å². The number of rotatable bonds is 4. The summed E-state index contributed by atoms with van der Waals surface area (Å²) in [4.78, 5) is 0. The molecule has 5 heteroatoms. The molecule has 2 aliphatic carbocycles. The Bertz CT molecular complexity index is 383. The van der Waals surface area contributed by atoms with E-state index in [0.717, 1.165) is 25.7 Å². The molecule has 0 aromatic heterocycles. The number of hydrogen-bond acceptors (Lipinski definition) is 4. The van der Waals surface area contributed by atoms with Crippen LogP contribution in [0.25, 0.3) is 0 Å². The van der Waals surface area contributed by atoms with Crippen LogP contribution >= 0.6 is 11.8 Å². The third-order valence-electron chi connectivity index (χ3n) is 4.69. The molecule has 0 aromatic rings. The van der Waals surface area contributed by atoms with Crippen LogP contribution in [0.4, 0.5) is 0 Å². The van der Waals surface area contributed by atoms with E-state index >= 15 is 0 Å². The minimum atomic E-state index is -2.86. The number of nitrogens with one attached hydrogen (secondary N) is 1. The van der Waals surface area contributed by atoms with E-state index in [1.807, 2.05) is 11.8 Å². The van der Waals surface area contributed by atoms with Gasteiger partial charge in [0, 0.05) is 23.6 Å². The fourth-order valence-electron chi connectivity index (χ4n) is 3.56. The van der Waals surface area contributed by atoms with Crippen molar-refractivity contribution in [3.63, 3.8) is 0 Å². The third kappa shape index (κ3) is 4.36. The Morgan fingerprint density at radius 2 is 1.79 bits per heavy atom. The van der Waals surface area contributed by atoms with Gasteiger partial charge in [0.15, 0.2) is 0 Å². The molecule has 0 amide bonds. The number of thioether (sulfide) groups is 1. The first-order valence-electron chi connectivity index (χ1n) is 7.48. The molecule has 0 spiro atoms. The van der Waals surface area contributed by atoms with E-state index in [2.05, 4.69) is 11.6 Å². The Kier molecular flexibility index (Phi) is 5.61. The molecule has 112 valence electrons. The molecule has 2 saturated carbocycles. The minimum absolute atomic E-state index is 0.116. The smallest absolute Gasteiger partial charge is 0.150 e. The summed E-state index contributed by atoms with van der Waals surface area (Å²) in [6, 6.07) is 0.998. The molecule has 1 N–H and O–H groups in total. The molecule has 2 fully saturated rings. The van der Waals surface area contributed by atoms with Crippen molar-refractivity contribution in [2.45, 2.75) is 74.0 Å². The largest absolute Gasteiger partial charge is 0.310 e. The molecular formula is C14H27NO2S2. The highest BCUT2D eigenvalue weighted by molar-refractivity contribution is 7.99. The summed E-state index contributed by atoms with van der Waals surface area (Å²) in [6.07, 6.45) is 12.7. The predicted octanol–water partition coefficient (Wildman–Crippen LogP) is 2.61. The van der Waals surface area contributed by atoms with Crippen LogP contribution in [0.1, 0.15) is 51.4 Å². The van der Waals surface area contributed by atoms with Gasteiger partial charge in [-0.15, -0.1) is 0 Å². The van der Waals surface area contributed by atoms with Crippen molar-refractivity contribution in [1.29, 1.82) is 0 Å². The van der Waals surface area contributed by atoms with E-state index in [1.165, 1.54) is 31.9 Å². The van der Waals surface area contributed by atoms with Crippen molar-refractivity contribution in [3.8, 4) is 0 Å². The van der Waals surface area contributed by atoms with Crippen LogP contribution in [0.2, 0.25) is 0 Å². The lowest BCUT2D eigenvalue weighted by molar-refractivity contribution is 0.297. The third-order valence-corrected chi connectivity index (χ3v) is 7.50. The standard InChI is InChI=1S/C14H27NO2S2/c1-18-14-9-4-3-8-13(14)15-11-6-5-7-12(10-11)19(2,16)17/h11-15H,3-10H2,1-2H3. The van der Waals surface area contributed by atoms with Crippen molar-refractivity contribution in [3.05, 3.63) is 0 Å². The molecule has 0 saturated heterocycles. The van der Waals surface area contributed by atoms with Crippen LogP contribution in [-0.2, 0) is 9.84 Å². The molecule has 4 atom stereocenters. The van der Waals surface area contributed by atoms with Gasteiger partial charge >= 0.3 is 0 Å². The van der Waals surface area contributed by atoms with Crippen molar-refractivity contribution >= 4 is 21.6 Å². The van der Waals surface area contributed by atoms with E-state index in [4.69, 9.17) is 0 Å². The van der Waals surface area contributed by atoms with Crippen molar-refractivity contribution in [2.75, 3.05) is 12.5 Å². The summed E-state index contributed by atoms with van der Waals surface area (Å²) >= 11 is 1.97. The maximum Gasteiger partial charge on any atom is 0.150 e. The van der Waals surface area contributed by atoms with Crippen LogP contribution < -0.4 is 5.32 Å². The molecule has 0 bridgehead atoms. The van der Waals surface area contributed by atoms with Gasteiger partial charge in [0.2, 0.25) is 0 Å². The van der Waals surface area contributed by atoms with Crippen molar-refractivity contribution in [1.82, 2.24) is 5.32 Å². The van der Waals surface area contributed by atoms with E-state index < -0.39 is 9.84 Å². The highest BCUT2D eigenvalue weighted by Crippen LogP contribution is 2.30. The van der Waals surface area contributed by atoms with Crippen LogP contribution in [0.3, 0.4) is 0 Å². The lowest BCUT2D eigenvalue weighted by Gasteiger charge is -2.37. The Morgan fingerprint density at radius 1 is 1.05 bits per heavy atom. The van der Waals surface area contributed by atoms with Gasteiger partial charge in [-0.2, -0.15) is 11.8 Å². The molecule has 2 rings (SSSR count). The summed E-state index contributed by atoms with van der Waals surface area (Å²) in [6.45, 7) is 0. The highest BCUT2D eigenvalue weighted by atomic mass is 32.2. The normalized spacial score (nSPS) is 37.2. The molecule has 19 heavy (non-hydrogen) atoms. The zero-order chi connectivity index (χ0) is 13.9. The fraction of sp³-hybridized carbons (Fsp3) is 1.00. The van der Waals surface area contributed by atoms with Gasteiger partial charge in [-0.05, 0) is 38.4 Å². The first-order valence-corrected chi connectivity index (χ1v) is 10.7. The highest BCUT2D eigenvalue weighted by Gasteiger charge is 2.32. The summed E-state index contributed by atoms with van der Waals surface area (Å²) in [5.41, 5.74) is 0. The Hall–Kier alpha value is 0.260. The maximum absolute atomic E-state index is 11.7. The van der Waals surface area contributed by atoms with E-state index in [9.17, 15) is 8.42 Å².